The molecule has 3 rings (SSSR count). The maximum Gasteiger partial charge on any atom is 0.261 e. The first-order chi connectivity index (χ1) is 11.7. The Morgan fingerprint density at radius 1 is 1.08 bits per heavy atom. The van der Waals surface area contributed by atoms with E-state index < -0.39 is 0 Å². The van der Waals surface area contributed by atoms with Gasteiger partial charge in [0.1, 0.15) is 0 Å². The Bertz CT molecular complexity index is 609. The smallest absolute Gasteiger partial charge is 0.261 e. The molecular formula is C18H24ClN3O3. The fraction of sp³-hybridized carbons (Fsp3) is 0.500. The molecule has 7 heteroatoms. The fourth-order valence-electron chi connectivity index (χ4n) is 3.28. The zero-order chi connectivity index (χ0) is 16.9. The van der Waals surface area contributed by atoms with Gasteiger partial charge in [0.2, 0.25) is 5.91 Å². The van der Waals surface area contributed by atoms with Crippen LogP contribution in [0.2, 0.25) is 0 Å². The van der Waals surface area contributed by atoms with Crippen LogP contribution in [0.1, 0.15) is 46.4 Å². The van der Waals surface area contributed by atoms with Crippen molar-refractivity contribution in [2.24, 2.45) is 5.92 Å². The molecule has 2 N–H and O–H groups in total. The van der Waals surface area contributed by atoms with Gasteiger partial charge in [-0.15, -0.1) is 12.4 Å². The molecule has 0 bridgehead atoms. The summed E-state index contributed by atoms with van der Waals surface area (Å²) in [4.78, 5) is 37.7. The van der Waals surface area contributed by atoms with Crippen molar-refractivity contribution < 1.29 is 14.4 Å². The van der Waals surface area contributed by atoms with E-state index in [0.29, 0.717) is 30.6 Å². The number of imide groups is 1. The number of carbonyl (C=O) groups excluding carboxylic acids is 3. The van der Waals surface area contributed by atoms with Gasteiger partial charge in [0.25, 0.3) is 11.8 Å². The molecule has 0 spiro atoms. The van der Waals surface area contributed by atoms with E-state index >= 15 is 0 Å². The first-order valence-corrected chi connectivity index (χ1v) is 8.62. The second-order valence-corrected chi connectivity index (χ2v) is 6.33. The predicted molar refractivity (Wildman–Crippen MR) is 96.9 cm³/mol. The third kappa shape index (κ3) is 4.38. The minimum Gasteiger partial charge on any atom is -0.356 e. The summed E-state index contributed by atoms with van der Waals surface area (Å²) in [6.45, 7) is 2.79. The Hall–Kier alpha value is -1.92. The van der Waals surface area contributed by atoms with Crippen molar-refractivity contribution in [1.29, 1.82) is 0 Å². The Morgan fingerprint density at radius 2 is 1.68 bits per heavy atom. The molecule has 0 aliphatic carbocycles. The van der Waals surface area contributed by atoms with Gasteiger partial charge in [0.15, 0.2) is 0 Å². The Balaban J connectivity index is 0.00000225. The van der Waals surface area contributed by atoms with Gasteiger partial charge in [-0.3, -0.25) is 19.3 Å². The van der Waals surface area contributed by atoms with Crippen LogP contribution in [0.15, 0.2) is 24.3 Å². The summed E-state index contributed by atoms with van der Waals surface area (Å²) in [6, 6.07) is 6.91. The van der Waals surface area contributed by atoms with Crippen LogP contribution < -0.4 is 10.6 Å². The van der Waals surface area contributed by atoms with E-state index in [9.17, 15) is 14.4 Å². The molecule has 1 saturated heterocycles. The quantitative estimate of drug-likeness (QED) is 0.593. The maximum atomic E-state index is 12.2. The number of piperidine rings is 1. The third-order valence-electron chi connectivity index (χ3n) is 4.70. The zero-order valence-corrected chi connectivity index (χ0v) is 14.9. The lowest BCUT2D eigenvalue weighted by molar-refractivity contribution is -0.125. The number of hydrogen-bond donors (Lipinski definition) is 2. The average molecular weight is 366 g/mol. The highest BCUT2D eigenvalue weighted by atomic mass is 35.5. The van der Waals surface area contributed by atoms with Crippen LogP contribution in [0.5, 0.6) is 0 Å². The van der Waals surface area contributed by atoms with E-state index in [1.807, 2.05) is 0 Å². The molecule has 136 valence electrons. The minimum atomic E-state index is -0.214. The summed E-state index contributed by atoms with van der Waals surface area (Å²) in [7, 11) is 0. The number of rotatable bonds is 6. The number of carbonyl (C=O) groups is 3. The Morgan fingerprint density at radius 3 is 2.28 bits per heavy atom. The molecular weight excluding hydrogens is 342 g/mol. The Labute approximate surface area is 153 Å². The molecule has 0 aromatic heterocycles. The fourth-order valence-corrected chi connectivity index (χ4v) is 3.28. The number of benzene rings is 1. The van der Waals surface area contributed by atoms with Gasteiger partial charge >= 0.3 is 0 Å². The van der Waals surface area contributed by atoms with Crippen molar-refractivity contribution in [3.05, 3.63) is 35.4 Å². The average Bonchev–Trinajstić information content (AvgIpc) is 2.87. The first-order valence-electron chi connectivity index (χ1n) is 8.62. The Kier molecular flexibility index (Phi) is 6.96. The van der Waals surface area contributed by atoms with Crippen molar-refractivity contribution in [2.45, 2.75) is 25.7 Å². The molecule has 1 fully saturated rings. The zero-order valence-electron chi connectivity index (χ0n) is 14.1. The molecule has 6 nitrogen and oxygen atoms in total. The SMILES string of the molecule is Cl.O=C(NCCCCN1C(=O)c2ccccc2C1=O)C1CCNCC1. The molecule has 0 radical (unpaired) electrons. The van der Waals surface area contributed by atoms with E-state index in [4.69, 9.17) is 0 Å². The topological polar surface area (TPSA) is 78.5 Å². The molecule has 2 heterocycles. The van der Waals surface area contributed by atoms with Gasteiger partial charge < -0.3 is 10.6 Å². The highest BCUT2D eigenvalue weighted by Gasteiger charge is 2.34. The lowest BCUT2D eigenvalue weighted by Gasteiger charge is -2.21. The summed E-state index contributed by atoms with van der Waals surface area (Å²) >= 11 is 0. The summed E-state index contributed by atoms with van der Waals surface area (Å²) in [5.41, 5.74) is 0.975. The van der Waals surface area contributed by atoms with Gasteiger partial charge in [0.05, 0.1) is 11.1 Å². The van der Waals surface area contributed by atoms with Crippen LogP contribution in [0.3, 0.4) is 0 Å². The number of amides is 3. The van der Waals surface area contributed by atoms with Crippen molar-refractivity contribution in [2.75, 3.05) is 26.2 Å². The lowest BCUT2D eigenvalue weighted by atomic mass is 9.97. The number of unbranched alkanes of at least 4 members (excludes halogenated alkanes) is 1. The highest BCUT2D eigenvalue weighted by Crippen LogP contribution is 2.22. The molecule has 3 amide bonds. The van der Waals surface area contributed by atoms with Crippen molar-refractivity contribution in [3.63, 3.8) is 0 Å². The predicted octanol–water partition coefficient (Wildman–Crippen LogP) is 1.60. The summed E-state index contributed by atoms with van der Waals surface area (Å²) in [5.74, 6) is -0.191. The molecule has 1 aromatic rings. The van der Waals surface area contributed by atoms with Crippen LogP contribution in [-0.4, -0.2) is 48.8 Å². The number of halogens is 1. The molecule has 0 saturated carbocycles. The summed E-state index contributed by atoms with van der Waals surface area (Å²) in [6.07, 6.45) is 3.23. The molecule has 25 heavy (non-hydrogen) atoms. The molecule has 2 aliphatic rings. The lowest BCUT2D eigenvalue weighted by Crippen LogP contribution is -2.38. The minimum absolute atomic E-state index is 0. The molecule has 1 aromatic carbocycles. The van der Waals surface area contributed by atoms with E-state index in [-0.39, 0.29) is 36.0 Å². The number of nitrogens with one attached hydrogen (secondary N) is 2. The van der Waals surface area contributed by atoms with E-state index in [0.717, 1.165) is 32.4 Å². The van der Waals surface area contributed by atoms with Gasteiger partial charge in [-0.05, 0) is 50.9 Å². The van der Waals surface area contributed by atoms with Crippen LogP contribution in [0, 0.1) is 5.92 Å². The largest absolute Gasteiger partial charge is 0.356 e. The summed E-state index contributed by atoms with van der Waals surface area (Å²) in [5, 5.41) is 6.21. The van der Waals surface area contributed by atoms with Crippen molar-refractivity contribution in [3.8, 4) is 0 Å². The highest BCUT2D eigenvalue weighted by molar-refractivity contribution is 6.21. The molecule has 0 atom stereocenters. The molecule has 2 aliphatic heterocycles. The van der Waals surface area contributed by atoms with Crippen LogP contribution in [0.25, 0.3) is 0 Å². The second-order valence-electron chi connectivity index (χ2n) is 6.33. The normalized spacial score (nSPS) is 17.2. The number of hydrogen-bond acceptors (Lipinski definition) is 4. The van der Waals surface area contributed by atoms with Crippen LogP contribution in [0.4, 0.5) is 0 Å². The van der Waals surface area contributed by atoms with Gasteiger partial charge in [-0.25, -0.2) is 0 Å². The second kappa shape index (κ2) is 8.97. The van der Waals surface area contributed by atoms with Crippen LogP contribution >= 0.6 is 12.4 Å². The first kappa shape index (κ1) is 19.4. The molecule has 0 unspecified atom stereocenters. The van der Waals surface area contributed by atoms with Gasteiger partial charge in [0, 0.05) is 19.0 Å². The maximum absolute atomic E-state index is 12.2. The van der Waals surface area contributed by atoms with E-state index in [1.165, 1.54) is 4.90 Å². The number of nitrogens with zero attached hydrogens (tertiary/aromatic N) is 1. The monoisotopic (exact) mass is 365 g/mol. The standard InChI is InChI=1S/C18H23N3O3.ClH/c22-16(13-7-10-19-11-8-13)20-9-3-4-12-21-17(23)14-5-1-2-6-15(14)18(21)24;/h1-2,5-6,13,19H,3-4,7-12H2,(H,20,22);1H. The van der Waals surface area contributed by atoms with Gasteiger partial charge in [-0.2, -0.15) is 0 Å². The summed E-state index contributed by atoms with van der Waals surface area (Å²) < 4.78 is 0. The number of fused-ring (bicyclic) bond motifs is 1. The van der Waals surface area contributed by atoms with Crippen molar-refractivity contribution >= 4 is 30.1 Å². The van der Waals surface area contributed by atoms with Gasteiger partial charge in [-0.1, -0.05) is 12.1 Å². The van der Waals surface area contributed by atoms with E-state index in [2.05, 4.69) is 10.6 Å². The van der Waals surface area contributed by atoms with Crippen LogP contribution in [-0.2, 0) is 4.79 Å². The third-order valence-corrected chi connectivity index (χ3v) is 4.70. The van der Waals surface area contributed by atoms with Crippen molar-refractivity contribution in [1.82, 2.24) is 15.5 Å². The van der Waals surface area contributed by atoms with E-state index in [1.54, 1.807) is 24.3 Å².